The molecule has 7 nitrogen and oxygen atoms in total. The maximum Gasteiger partial charge on any atom is 0.337 e. The van der Waals surface area contributed by atoms with Gasteiger partial charge in [-0.1, -0.05) is 24.3 Å². The van der Waals surface area contributed by atoms with E-state index in [0.717, 1.165) is 22.5 Å². The lowest BCUT2D eigenvalue weighted by Crippen LogP contribution is -2.44. The molecule has 1 unspecified atom stereocenters. The van der Waals surface area contributed by atoms with Crippen LogP contribution in [-0.4, -0.2) is 36.2 Å². The Hall–Kier alpha value is -3.61. The number of para-hydroxylation sites is 1. The summed E-state index contributed by atoms with van der Waals surface area (Å²) in [4.78, 5) is 26.2. The molecule has 136 valence electrons. The van der Waals surface area contributed by atoms with Crippen molar-refractivity contribution in [2.45, 2.75) is 6.17 Å². The molecule has 7 heteroatoms. The van der Waals surface area contributed by atoms with E-state index in [1.54, 1.807) is 24.4 Å². The fourth-order valence-electron chi connectivity index (χ4n) is 3.32. The van der Waals surface area contributed by atoms with E-state index in [9.17, 15) is 9.59 Å². The van der Waals surface area contributed by atoms with Crippen molar-refractivity contribution in [1.29, 1.82) is 0 Å². The zero-order valence-corrected chi connectivity index (χ0v) is 14.9. The fraction of sp³-hybridized carbons (Fsp3) is 0.150. The molecule has 0 bridgehead atoms. The van der Waals surface area contributed by atoms with Gasteiger partial charge in [-0.2, -0.15) is 5.10 Å². The molecule has 4 rings (SSSR count). The Kier molecular flexibility index (Phi) is 4.12. The van der Waals surface area contributed by atoms with Gasteiger partial charge in [0.1, 0.15) is 6.17 Å². The lowest BCUT2D eigenvalue weighted by molar-refractivity contribution is 0.0600. The van der Waals surface area contributed by atoms with Crippen molar-refractivity contribution in [2.75, 3.05) is 19.1 Å². The van der Waals surface area contributed by atoms with Crippen LogP contribution >= 0.6 is 0 Å². The summed E-state index contributed by atoms with van der Waals surface area (Å²) >= 11 is 0. The Morgan fingerprint density at radius 3 is 2.63 bits per heavy atom. The second kappa shape index (κ2) is 6.60. The molecule has 3 aromatic rings. The third-order valence-electron chi connectivity index (χ3n) is 4.74. The zero-order valence-electron chi connectivity index (χ0n) is 14.9. The second-order valence-electron chi connectivity index (χ2n) is 6.27. The van der Waals surface area contributed by atoms with Crippen molar-refractivity contribution in [3.05, 3.63) is 71.4 Å². The van der Waals surface area contributed by atoms with Crippen LogP contribution in [0.2, 0.25) is 0 Å². The number of aromatic nitrogens is 2. The number of esters is 1. The van der Waals surface area contributed by atoms with Crippen molar-refractivity contribution in [2.24, 2.45) is 0 Å². The van der Waals surface area contributed by atoms with E-state index in [2.05, 4.69) is 15.5 Å². The van der Waals surface area contributed by atoms with Gasteiger partial charge in [-0.25, -0.2) is 4.79 Å². The molecule has 0 saturated heterocycles. The molecule has 0 aliphatic carbocycles. The highest BCUT2D eigenvalue weighted by Crippen LogP contribution is 2.35. The van der Waals surface area contributed by atoms with E-state index >= 15 is 0 Å². The number of hydrogen-bond acceptors (Lipinski definition) is 5. The first-order chi connectivity index (χ1) is 13.1. The second-order valence-corrected chi connectivity index (χ2v) is 6.27. The number of carbonyl (C=O) groups excluding carboxylic acids is 2. The first kappa shape index (κ1) is 16.8. The van der Waals surface area contributed by atoms with E-state index in [1.807, 2.05) is 42.3 Å². The van der Waals surface area contributed by atoms with Crippen molar-refractivity contribution < 1.29 is 14.3 Å². The quantitative estimate of drug-likeness (QED) is 0.700. The molecular weight excluding hydrogens is 344 g/mol. The number of hydrogen-bond donors (Lipinski definition) is 2. The molecule has 27 heavy (non-hydrogen) atoms. The summed E-state index contributed by atoms with van der Waals surface area (Å²) < 4.78 is 4.73. The Morgan fingerprint density at radius 1 is 1.15 bits per heavy atom. The Balaban J connectivity index is 1.70. The van der Waals surface area contributed by atoms with Crippen LogP contribution in [0, 0.1) is 0 Å². The largest absolute Gasteiger partial charge is 0.465 e. The smallest absolute Gasteiger partial charge is 0.337 e. The number of H-pyrrole nitrogens is 1. The summed E-state index contributed by atoms with van der Waals surface area (Å²) in [7, 11) is 3.28. The SMILES string of the molecule is COC(=O)c1ccc(-c2[nH]ncc2C2NC(=O)c3ccccc3N2C)cc1. The van der Waals surface area contributed by atoms with Crippen molar-refractivity contribution in [1.82, 2.24) is 15.5 Å². The number of anilines is 1. The number of fused-ring (bicyclic) bond motifs is 1. The molecule has 0 radical (unpaired) electrons. The molecule has 2 heterocycles. The monoisotopic (exact) mass is 362 g/mol. The Morgan fingerprint density at radius 2 is 1.89 bits per heavy atom. The lowest BCUT2D eigenvalue weighted by Gasteiger charge is -2.36. The van der Waals surface area contributed by atoms with E-state index in [0.29, 0.717) is 11.1 Å². The molecular formula is C20H18N4O3. The van der Waals surface area contributed by atoms with E-state index in [4.69, 9.17) is 4.74 Å². The summed E-state index contributed by atoms with van der Waals surface area (Å²) in [6, 6.07) is 14.5. The average Bonchev–Trinajstić information content (AvgIpc) is 3.20. The van der Waals surface area contributed by atoms with Crippen LogP contribution in [0.25, 0.3) is 11.3 Å². The minimum absolute atomic E-state index is 0.123. The molecule has 1 aromatic heterocycles. The van der Waals surface area contributed by atoms with Gasteiger partial charge >= 0.3 is 5.97 Å². The zero-order chi connectivity index (χ0) is 19.0. The van der Waals surface area contributed by atoms with Gasteiger partial charge in [0.15, 0.2) is 0 Å². The number of nitrogens with zero attached hydrogens (tertiary/aromatic N) is 2. The van der Waals surface area contributed by atoms with Gasteiger partial charge in [0, 0.05) is 18.2 Å². The van der Waals surface area contributed by atoms with Crippen LogP contribution in [0.1, 0.15) is 32.4 Å². The third kappa shape index (κ3) is 2.83. The van der Waals surface area contributed by atoms with Crippen LogP contribution in [-0.2, 0) is 4.74 Å². The van der Waals surface area contributed by atoms with Crippen LogP contribution in [0.3, 0.4) is 0 Å². The standard InChI is InChI=1S/C20H18N4O3/c1-24-16-6-4-3-5-14(16)19(25)22-18(24)15-11-21-23-17(15)12-7-9-13(10-8-12)20(26)27-2/h3-11,18H,1-2H3,(H,21,23)(H,22,25). The maximum atomic E-state index is 12.5. The highest BCUT2D eigenvalue weighted by Gasteiger charge is 2.31. The van der Waals surface area contributed by atoms with Gasteiger partial charge < -0.3 is 15.0 Å². The van der Waals surface area contributed by atoms with Gasteiger partial charge in [0.05, 0.1) is 35.8 Å². The molecule has 2 N–H and O–H groups in total. The molecule has 0 spiro atoms. The number of carbonyl (C=O) groups is 2. The molecule has 1 aliphatic rings. The van der Waals surface area contributed by atoms with Gasteiger partial charge in [0.2, 0.25) is 0 Å². The number of ether oxygens (including phenoxy) is 1. The topological polar surface area (TPSA) is 87.3 Å². The third-order valence-corrected chi connectivity index (χ3v) is 4.74. The normalized spacial score (nSPS) is 15.9. The summed E-state index contributed by atoms with van der Waals surface area (Å²) in [6.45, 7) is 0. The van der Waals surface area contributed by atoms with Crippen LogP contribution in [0.15, 0.2) is 54.7 Å². The predicted molar refractivity (Wildman–Crippen MR) is 100 cm³/mol. The summed E-state index contributed by atoms with van der Waals surface area (Å²) in [5.41, 5.74) is 4.45. The number of benzene rings is 2. The van der Waals surface area contributed by atoms with Crippen LogP contribution in [0.4, 0.5) is 5.69 Å². The fourth-order valence-corrected chi connectivity index (χ4v) is 3.32. The minimum Gasteiger partial charge on any atom is -0.465 e. The number of nitrogens with one attached hydrogen (secondary N) is 2. The van der Waals surface area contributed by atoms with Gasteiger partial charge in [0.25, 0.3) is 5.91 Å². The first-order valence-corrected chi connectivity index (χ1v) is 8.45. The summed E-state index contributed by atoms with van der Waals surface area (Å²) in [5.74, 6) is -0.510. The maximum absolute atomic E-state index is 12.5. The van der Waals surface area contributed by atoms with E-state index in [1.165, 1.54) is 7.11 Å². The number of aromatic amines is 1. The molecule has 2 aromatic carbocycles. The highest BCUT2D eigenvalue weighted by molar-refractivity contribution is 6.02. The van der Waals surface area contributed by atoms with Gasteiger partial charge in [-0.15, -0.1) is 0 Å². The van der Waals surface area contributed by atoms with E-state index < -0.39 is 0 Å². The summed E-state index contributed by atoms with van der Waals surface area (Å²) in [6.07, 6.45) is 1.35. The molecule has 0 fully saturated rings. The number of amides is 1. The predicted octanol–water partition coefficient (Wildman–Crippen LogP) is 2.74. The van der Waals surface area contributed by atoms with Crippen LogP contribution < -0.4 is 10.2 Å². The van der Waals surface area contributed by atoms with Gasteiger partial charge in [-0.3, -0.25) is 9.89 Å². The van der Waals surface area contributed by atoms with Crippen molar-refractivity contribution in [3.8, 4) is 11.3 Å². The Labute approximate surface area is 156 Å². The van der Waals surface area contributed by atoms with Gasteiger partial charge in [-0.05, 0) is 24.3 Å². The highest BCUT2D eigenvalue weighted by atomic mass is 16.5. The lowest BCUT2D eigenvalue weighted by atomic mass is 10.0. The molecule has 1 amide bonds. The first-order valence-electron chi connectivity index (χ1n) is 8.45. The van der Waals surface area contributed by atoms with E-state index in [-0.39, 0.29) is 18.0 Å². The number of rotatable bonds is 3. The van der Waals surface area contributed by atoms with Crippen molar-refractivity contribution >= 4 is 17.6 Å². The van der Waals surface area contributed by atoms with Crippen LogP contribution in [0.5, 0.6) is 0 Å². The molecule has 0 saturated carbocycles. The minimum atomic E-state index is -0.387. The molecule has 1 atom stereocenters. The Bertz CT molecular complexity index is 1010. The number of methoxy groups -OCH3 is 1. The average molecular weight is 362 g/mol. The molecule has 1 aliphatic heterocycles. The summed E-state index contributed by atoms with van der Waals surface area (Å²) in [5, 5.41) is 10.2. The van der Waals surface area contributed by atoms with Crippen molar-refractivity contribution in [3.63, 3.8) is 0 Å².